The van der Waals surface area contributed by atoms with Crippen molar-refractivity contribution in [2.24, 2.45) is 0 Å². The normalized spacial score (nSPS) is 15.3. The molecule has 0 bridgehead atoms. The highest BCUT2D eigenvalue weighted by atomic mass is 35.5. The molecule has 2 aromatic carbocycles. The van der Waals surface area contributed by atoms with Crippen molar-refractivity contribution in [2.45, 2.75) is 38.9 Å². The maximum absolute atomic E-state index is 13.3. The molecule has 30 heavy (non-hydrogen) atoms. The molecule has 3 heterocycles. The lowest BCUT2D eigenvalue weighted by Gasteiger charge is -2.15. The Labute approximate surface area is 180 Å². The highest BCUT2D eigenvalue weighted by molar-refractivity contribution is 6.36. The fraction of sp³-hybridized carbons (Fsp3) is 0.250. The van der Waals surface area contributed by atoms with Crippen molar-refractivity contribution in [3.8, 4) is 22.6 Å². The van der Waals surface area contributed by atoms with Crippen molar-refractivity contribution in [3.05, 3.63) is 81.7 Å². The minimum Gasteiger partial charge on any atom is -0.366 e. The Morgan fingerprint density at radius 3 is 2.50 bits per heavy atom. The van der Waals surface area contributed by atoms with Gasteiger partial charge in [-0.15, -0.1) is 0 Å². The number of nitrogens with one attached hydrogen (secondary N) is 1. The molecule has 2 aromatic rings. The summed E-state index contributed by atoms with van der Waals surface area (Å²) in [5, 5.41) is 4.16. The second kappa shape index (κ2) is 7.65. The highest BCUT2D eigenvalue weighted by Gasteiger charge is 2.33. The van der Waals surface area contributed by atoms with Crippen molar-refractivity contribution in [1.82, 2.24) is 14.1 Å². The Balaban J connectivity index is 1.64. The zero-order valence-electron chi connectivity index (χ0n) is 16.8. The second-order valence-corrected chi connectivity index (χ2v) is 8.14. The largest absolute Gasteiger partial charge is 0.366 e. The number of anilines is 1. The van der Waals surface area contributed by atoms with Crippen molar-refractivity contribution in [1.29, 1.82) is 0 Å². The second-order valence-electron chi connectivity index (χ2n) is 7.76. The van der Waals surface area contributed by atoms with Crippen LogP contribution in [0, 0.1) is 0 Å². The first kappa shape index (κ1) is 18.9. The first-order chi connectivity index (χ1) is 14.7. The summed E-state index contributed by atoms with van der Waals surface area (Å²) in [5.41, 5.74) is 3.71. The summed E-state index contributed by atoms with van der Waals surface area (Å²) in [6.07, 6.45) is 1.69. The molecule has 0 aliphatic carbocycles. The molecule has 1 atom stereocenters. The van der Waals surface area contributed by atoms with Crippen LogP contribution in [0.25, 0.3) is 22.6 Å². The number of rotatable bonds is 5. The van der Waals surface area contributed by atoms with Gasteiger partial charge < -0.3 is 5.32 Å². The molecular weight excluding hydrogens is 396 g/mol. The summed E-state index contributed by atoms with van der Waals surface area (Å²) >= 11 is 6.88. The van der Waals surface area contributed by atoms with Crippen LogP contribution >= 0.6 is 11.6 Å². The van der Waals surface area contributed by atoms with Crippen molar-refractivity contribution < 1.29 is 0 Å². The number of hydrogen-bond acceptors (Lipinski definition) is 3. The van der Waals surface area contributed by atoms with Gasteiger partial charge in [-0.1, -0.05) is 79.2 Å². The van der Waals surface area contributed by atoms with Crippen LogP contribution < -0.4 is 11.0 Å². The molecule has 1 N–H and O–H groups in total. The van der Waals surface area contributed by atoms with Crippen molar-refractivity contribution in [2.75, 3.05) is 5.32 Å². The SMILES string of the molecule is CCCn1c2nc(-c3ccccc3)c(Cl)c-2c2n(c1=O)C[C@@H](Cc1ccccc1)N2. The molecule has 152 valence electrons. The molecule has 0 amide bonds. The zero-order chi connectivity index (χ0) is 20.7. The van der Waals surface area contributed by atoms with E-state index < -0.39 is 0 Å². The Morgan fingerprint density at radius 2 is 1.80 bits per heavy atom. The van der Waals surface area contributed by atoms with E-state index in [1.807, 2.05) is 53.1 Å². The molecule has 0 unspecified atom stereocenters. The maximum atomic E-state index is 13.3. The Kier molecular flexibility index (Phi) is 4.83. The number of aromatic nitrogens is 3. The molecule has 0 saturated heterocycles. The standard InChI is InChI=1S/C24H23ClN4O/c1-2-13-28-23-19(20(25)21(27-23)17-11-7-4-8-12-17)22-26-18(15-29(22)24(28)30)14-16-9-5-3-6-10-16/h3-12,18,26H,2,13-15H2,1H3/t18-/m1/s1. The van der Waals surface area contributed by atoms with E-state index in [-0.39, 0.29) is 11.7 Å². The smallest absolute Gasteiger partial charge is 0.331 e. The first-order valence-electron chi connectivity index (χ1n) is 10.4. The molecule has 5 nitrogen and oxygen atoms in total. The van der Waals surface area contributed by atoms with Gasteiger partial charge in [0.25, 0.3) is 0 Å². The summed E-state index contributed by atoms with van der Waals surface area (Å²) in [4.78, 5) is 18.1. The Bertz CT molecular complexity index is 1210. The van der Waals surface area contributed by atoms with Gasteiger partial charge in [0.1, 0.15) is 11.6 Å². The molecule has 0 spiro atoms. The van der Waals surface area contributed by atoms with Crippen LogP contribution in [0.5, 0.6) is 0 Å². The fourth-order valence-electron chi connectivity index (χ4n) is 4.31. The van der Waals surface area contributed by atoms with E-state index in [0.717, 1.165) is 35.5 Å². The number of fused-ring (bicyclic) bond motifs is 3. The summed E-state index contributed by atoms with van der Waals surface area (Å²) in [6, 6.07) is 20.4. The third kappa shape index (κ3) is 3.10. The van der Waals surface area contributed by atoms with Gasteiger partial charge in [0.05, 0.1) is 16.3 Å². The number of halogens is 1. The third-order valence-corrected chi connectivity index (χ3v) is 6.02. The van der Waals surface area contributed by atoms with Gasteiger partial charge >= 0.3 is 5.69 Å². The number of hydrogen-bond donors (Lipinski definition) is 1. The van der Waals surface area contributed by atoms with Gasteiger partial charge in [-0.2, -0.15) is 0 Å². The van der Waals surface area contributed by atoms with E-state index in [1.54, 1.807) is 4.57 Å². The maximum Gasteiger partial charge on any atom is 0.331 e. The van der Waals surface area contributed by atoms with Crippen LogP contribution in [0.15, 0.2) is 65.5 Å². The lowest BCUT2D eigenvalue weighted by atomic mass is 10.1. The van der Waals surface area contributed by atoms with E-state index in [9.17, 15) is 4.79 Å². The first-order valence-corrected chi connectivity index (χ1v) is 10.7. The van der Waals surface area contributed by atoms with E-state index >= 15 is 0 Å². The summed E-state index contributed by atoms with van der Waals surface area (Å²) < 4.78 is 3.59. The molecular formula is C24H23ClN4O. The topological polar surface area (TPSA) is 51.9 Å². The number of benzene rings is 2. The van der Waals surface area contributed by atoms with Gasteiger partial charge in [-0.25, -0.2) is 9.78 Å². The Morgan fingerprint density at radius 1 is 1.10 bits per heavy atom. The zero-order valence-corrected chi connectivity index (χ0v) is 17.6. The van der Waals surface area contributed by atoms with E-state index in [2.05, 4.69) is 24.4 Å². The third-order valence-electron chi connectivity index (χ3n) is 5.66. The molecule has 3 aliphatic rings. The Hall–Kier alpha value is -3.05. The molecule has 3 aliphatic heterocycles. The summed E-state index contributed by atoms with van der Waals surface area (Å²) in [7, 11) is 0. The van der Waals surface area contributed by atoms with Gasteiger partial charge in [0.15, 0.2) is 0 Å². The molecule has 0 aromatic heterocycles. The van der Waals surface area contributed by atoms with Crippen LogP contribution in [0.3, 0.4) is 0 Å². The molecule has 0 fully saturated rings. The van der Waals surface area contributed by atoms with Crippen LogP contribution in [0.1, 0.15) is 18.9 Å². The highest BCUT2D eigenvalue weighted by Crippen LogP contribution is 2.43. The van der Waals surface area contributed by atoms with Crippen molar-refractivity contribution >= 4 is 17.4 Å². The van der Waals surface area contributed by atoms with Gasteiger partial charge in [-0.05, 0) is 18.4 Å². The minimum atomic E-state index is -0.0313. The molecule has 5 rings (SSSR count). The minimum absolute atomic E-state index is 0.0313. The quantitative estimate of drug-likeness (QED) is 0.500. The van der Waals surface area contributed by atoms with E-state index in [0.29, 0.717) is 23.9 Å². The molecule has 6 heteroatoms. The van der Waals surface area contributed by atoms with E-state index in [4.69, 9.17) is 16.6 Å². The van der Waals surface area contributed by atoms with E-state index in [1.165, 1.54) is 5.56 Å². The predicted octanol–water partition coefficient (Wildman–Crippen LogP) is 4.92. The summed E-state index contributed by atoms with van der Waals surface area (Å²) in [5.74, 6) is 1.44. The van der Waals surface area contributed by atoms with Gasteiger partial charge in [-0.3, -0.25) is 9.13 Å². The van der Waals surface area contributed by atoms with Crippen LogP contribution in [0.4, 0.5) is 5.82 Å². The average molecular weight is 419 g/mol. The van der Waals surface area contributed by atoms with Gasteiger partial charge in [0, 0.05) is 24.7 Å². The average Bonchev–Trinajstić information content (AvgIpc) is 3.33. The number of nitrogens with zero attached hydrogens (tertiary/aromatic N) is 3. The van der Waals surface area contributed by atoms with Crippen LogP contribution in [0.2, 0.25) is 5.02 Å². The summed E-state index contributed by atoms with van der Waals surface area (Å²) in [6.45, 7) is 3.29. The monoisotopic (exact) mass is 418 g/mol. The van der Waals surface area contributed by atoms with Crippen molar-refractivity contribution in [3.63, 3.8) is 0 Å². The van der Waals surface area contributed by atoms with Gasteiger partial charge in [0.2, 0.25) is 0 Å². The predicted molar refractivity (Wildman–Crippen MR) is 121 cm³/mol. The molecule has 0 radical (unpaired) electrons. The van der Waals surface area contributed by atoms with Crippen LogP contribution in [-0.2, 0) is 19.5 Å². The lowest BCUT2D eigenvalue weighted by molar-refractivity contribution is 0.561. The molecule has 0 saturated carbocycles. The fourth-order valence-corrected chi connectivity index (χ4v) is 4.63. The lowest BCUT2D eigenvalue weighted by Crippen LogP contribution is -2.32. The van der Waals surface area contributed by atoms with Crippen LogP contribution in [-0.4, -0.2) is 20.2 Å².